The van der Waals surface area contributed by atoms with Gasteiger partial charge in [0.15, 0.2) is 11.6 Å². The van der Waals surface area contributed by atoms with Crippen molar-refractivity contribution >= 4 is 29.2 Å². The molecule has 1 aromatic carbocycles. The van der Waals surface area contributed by atoms with Gasteiger partial charge in [0.1, 0.15) is 5.78 Å². The Balaban J connectivity index is 0. The molecule has 0 aliphatic heterocycles. The smallest absolute Gasteiger partial charge is 0.303 e. The molecular weight excluding hydrogens is 458 g/mol. The Morgan fingerprint density at radius 3 is 1.83 bits per heavy atom. The molecule has 204 valence electrons. The number of carboxylic acid groups (broad SMARTS) is 1. The van der Waals surface area contributed by atoms with Crippen molar-refractivity contribution in [1.29, 1.82) is 0 Å². The number of carbonyl (C=O) groups excluding carboxylic acids is 4. The van der Waals surface area contributed by atoms with Gasteiger partial charge in [-0.2, -0.15) is 0 Å². The molecule has 0 atom stereocenters. The number of hydrogen-bond acceptors (Lipinski definition) is 5. The van der Waals surface area contributed by atoms with E-state index in [0.717, 1.165) is 38.5 Å². The van der Waals surface area contributed by atoms with Gasteiger partial charge in [0, 0.05) is 56.2 Å². The summed E-state index contributed by atoms with van der Waals surface area (Å²) in [5.41, 5.74) is 1.01. The second-order valence-electron chi connectivity index (χ2n) is 8.68. The third-order valence-electron chi connectivity index (χ3n) is 5.61. The molecule has 1 aromatic rings. The zero-order valence-corrected chi connectivity index (χ0v) is 20.4. The van der Waals surface area contributed by atoms with Crippen LogP contribution in [0, 0.1) is 0 Å². The van der Waals surface area contributed by atoms with Crippen LogP contribution in [0.3, 0.4) is 0 Å². The van der Waals surface area contributed by atoms with Gasteiger partial charge in [-0.15, -0.1) is 0 Å². The number of Topliss-reactive ketones (excluding diaryl/α,β-unsaturated/α-hetero) is 3. The molecule has 0 radical (unpaired) electrons. The molecule has 7 heteroatoms. The average Bonchev–Trinajstić information content (AvgIpc) is 2.82. The standard InChI is InChI=1S/C27H39NO6.2CH4/c1-2-11-24(30)21-12-10-13-22(20-21)25(31)17-18-26(32)28-19-9-5-3-4-6-14-23(29)15-7-8-16-27(33)34;;/h10,12-13,20H,2-9,11,14-19H2,1H3,(H,28,32)(H,33,34);2*1H4. The first-order chi connectivity index (χ1) is 16.3. The van der Waals surface area contributed by atoms with Crippen molar-refractivity contribution in [3.05, 3.63) is 35.4 Å². The monoisotopic (exact) mass is 505 g/mol. The quantitative estimate of drug-likeness (QED) is 0.153. The van der Waals surface area contributed by atoms with Crippen LogP contribution in [0.5, 0.6) is 0 Å². The highest BCUT2D eigenvalue weighted by Crippen LogP contribution is 2.12. The van der Waals surface area contributed by atoms with Crippen LogP contribution in [0.1, 0.15) is 132 Å². The van der Waals surface area contributed by atoms with Crippen molar-refractivity contribution in [2.75, 3.05) is 6.54 Å². The van der Waals surface area contributed by atoms with Crippen molar-refractivity contribution in [2.45, 2.75) is 112 Å². The maximum Gasteiger partial charge on any atom is 0.303 e. The highest BCUT2D eigenvalue weighted by atomic mass is 16.4. The Morgan fingerprint density at radius 1 is 0.694 bits per heavy atom. The number of rotatable bonds is 20. The Morgan fingerprint density at radius 2 is 1.22 bits per heavy atom. The van der Waals surface area contributed by atoms with Gasteiger partial charge in [-0.1, -0.05) is 59.2 Å². The van der Waals surface area contributed by atoms with Crippen LogP contribution in [-0.4, -0.2) is 40.9 Å². The van der Waals surface area contributed by atoms with Crippen molar-refractivity contribution in [3.8, 4) is 0 Å². The molecule has 0 aliphatic carbocycles. The van der Waals surface area contributed by atoms with Gasteiger partial charge in [0.05, 0.1) is 0 Å². The molecule has 7 nitrogen and oxygen atoms in total. The summed E-state index contributed by atoms with van der Waals surface area (Å²) in [5, 5.41) is 11.4. The second kappa shape index (κ2) is 21.5. The predicted octanol–water partition coefficient (Wildman–Crippen LogP) is 6.58. The molecule has 1 amide bonds. The summed E-state index contributed by atoms with van der Waals surface area (Å²) in [6.07, 6.45) is 8.39. The molecule has 0 saturated heterocycles. The normalized spacial score (nSPS) is 10.0. The largest absolute Gasteiger partial charge is 0.481 e. The fourth-order valence-corrected chi connectivity index (χ4v) is 3.63. The minimum atomic E-state index is -0.820. The van der Waals surface area contributed by atoms with Crippen LogP contribution in [-0.2, 0) is 14.4 Å². The van der Waals surface area contributed by atoms with E-state index >= 15 is 0 Å². The zero-order chi connectivity index (χ0) is 25.2. The maximum absolute atomic E-state index is 12.4. The molecule has 1 rings (SSSR count). The van der Waals surface area contributed by atoms with Crippen LogP contribution < -0.4 is 5.32 Å². The Bertz CT molecular complexity index is 818. The van der Waals surface area contributed by atoms with Gasteiger partial charge in [-0.25, -0.2) is 0 Å². The number of nitrogens with one attached hydrogen (secondary N) is 1. The van der Waals surface area contributed by atoms with Crippen LogP contribution in [0.25, 0.3) is 0 Å². The minimum absolute atomic E-state index is 0. The summed E-state index contributed by atoms with van der Waals surface area (Å²) >= 11 is 0. The fourth-order valence-electron chi connectivity index (χ4n) is 3.63. The lowest BCUT2D eigenvalue weighted by atomic mass is 10.0. The zero-order valence-electron chi connectivity index (χ0n) is 20.4. The van der Waals surface area contributed by atoms with E-state index in [2.05, 4.69) is 5.32 Å². The van der Waals surface area contributed by atoms with Gasteiger partial charge in [0.25, 0.3) is 0 Å². The first-order valence-corrected chi connectivity index (χ1v) is 12.5. The van der Waals surface area contributed by atoms with E-state index in [1.807, 2.05) is 6.92 Å². The molecule has 0 saturated carbocycles. The molecule has 2 N–H and O–H groups in total. The predicted molar refractivity (Wildman–Crippen MR) is 145 cm³/mol. The van der Waals surface area contributed by atoms with Crippen LogP contribution >= 0.6 is 0 Å². The number of ketones is 3. The van der Waals surface area contributed by atoms with Gasteiger partial charge in [-0.3, -0.25) is 24.0 Å². The van der Waals surface area contributed by atoms with E-state index in [-0.39, 0.29) is 57.4 Å². The number of benzene rings is 1. The number of amides is 1. The van der Waals surface area contributed by atoms with Crippen LogP contribution in [0.4, 0.5) is 0 Å². The second-order valence-corrected chi connectivity index (χ2v) is 8.68. The summed E-state index contributed by atoms with van der Waals surface area (Å²) in [6.45, 7) is 2.50. The molecule has 0 spiro atoms. The molecule has 0 bridgehead atoms. The summed E-state index contributed by atoms with van der Waals surface area (Å²) in [6, 6.07) is 6.71. The number of unbranched alkanes of at least 4 members (excludes halogenated alkanes) is 5. The molecule has 0 unspecified atom stereocenters. The first kappa shape index (κ1) is 35.3. The van der Waals surface area contributed by atoms with Gasteiger partial charge < -0.3 is 10.4 Å². The molecule has 0 aliphatic rings. The lowest BCUT2D eigenvalue weighted by Crippen LogP contribution is -2.24. The number of aliphatic carboxylic acids is 1. The Kier molecular flexibility index (Phi) is 21.1. The molecule has 0 fully saturated rings. The van der Waals surface area contributed by atoms with E-state index in [4.69, 9.17) is 5.11 Å². The highest BCUT2D eigenvalue weighted by molar-refractivity contribution is 6.02. The summed E-state index contributed by atoms with van der Waals surface area (Å²) in [4.78, 5) is 58.5. The maximum atomic E-state index is 12.4. The van der Waals surface area contributed by atoms with Gasteiger partial charge in [-0.05, 0) is 38.2 Å². The van der Waals surface area contributed by atoms with E-state index in [9.17, 15) is 24.0 Å². The summed E-state index contributed by atoms with van der Waals surface area (Å²) < 4.78 is 0. The summed E-state index contributed by atoms with van der Waals surface area (Å²) in [5.74, 6) is -0.891. The van der Waals surface area contributed by atoms with Crippen molar-refractivity contribution in [3.63, 3.8) is 0 Å². The van der Waals surface area contributed by atoms with Gasteiger partial charge >= 0.3 is 5.97 Å². The fraction of sp³-hybridized carbons (Fsp3) is 0.621. The average molecular weight is 506 g/mol. The Labute approximate surface area is 217 Å². The van der Waals surface area contributed by atoms with E-state index in [1.165, 1.54) is 0 Å². The SMILES string of the molecule is C.C.CCCC(=O)c1cccc(C(=O)CCC(=O)NCCCCCCCC(=O)CCCCC(=O)O)c1. The van der Waals surface area contributed by atoms with Crippen LogP contribution in [0.15, 0.2) is 24.3 Å². The lowest BCUT2D eigenvalue weighted by Gasteiger charge is -2.06. The number of hydrogen-bond donors (Lipinski definition) is 2. The number of carboxylic acids is 1. The van der Waals surface area contributed by atoms with E-state index in [0.29, 0.717) is 49.8 Å². The highest BCUT2D eigenvalue weighted by Gasteiger charge is 2.12. The Hall–Kier alpha value is -2.83. The van der Waals surface area contributed by atoms with Gasteiger partial charge in [0.2, 0.25) is 5.91 Å². The number of carbonyl (C=O) groups is 5. The van der Waals surface area contributed by atoms with Crippen molar-refractivity contribution < 1.29 is 29.1 Å². The third-order valence-corrected chi connectivity index (χ3v) is 5.61. The summed E-state index contributed by atoms with van der Waals surface area (Å²) in [7, 11) is 0. The first-order valence-electron chi connectivity index (χ1n) is 12.5. The molecule has 0 heterocycles. The van der Waals surface area contributed by atoms with Crippen LogP contribution in [0.2, 0.25) is 0 Å². The van der Waals surface area contributed by atoms with E-state index < -0.39 is 5.97 Å². The third kappa shape index (κ3) is 16.7. The minimum Gasteiger partial charge on any atom is -0.481 e. The topological polar surface area (TPSA) is 118 Å². The van der Waals surface area contributed by atoms with E-state index in [1.54, 1.807) is 24.3 Å². The van der Waals surface area contributed by atoms with Crippen molar-refractivity contribution in [2.24, 2.45) is 0 Å². The molecule has 0 aromatic heterocycles. The molecular formula is C29H47NO6. The lowest BCUT2D eigenvalue weighted by molar-refractivity contribution is -0.137. The van der Waals surface area contributed by atoms with Crippen molar-refractivity contribution in [1.82, 2.24) is 5.32 Å². The molecule has 36 heavy (non-hydrogen) atoms.